The quantitative estimate of drug-likeness (QED) is 0.597. The molecule has 0 aromatic heterocycles. The first-order valence-electron chi connectivity index (χ1n) is 12.7. The molecule has 1 saturated heterocycles. The van der Waals surface area contributed by atoms with Crippen molar-refractivity contribution in [2.24, 2.45) is 5.92 Å². The van der Waals surface area contributed by atoms with Crippen LogP contribution in [0.3, 0.4) is 0 Å². The predicted octanol–water partition coefficient (Wildman–Crippen LogP) is 3.38. The van der Waals surface area contributed by atoms with Crippen molar-refractivity contribution in [2.75, 3.05) is 46.9 Å². The number of methoxy groups -OCH3 is 2. The van der Waals surface area contributed by atoms with E-state index in [0.29, 0.717) is 50.0 Å². The van der Waals surface area contributed by atoms with E-state index in [2.05, 4.69) is 10.2 Å². The summed E-state index contributed by atoms with van der Waals surface area (Å²) in [6.07, 6.45) is 5.35. The van der Waals surface area contributed by atoms with Crippen molar-refractivity contribution < 1.29 is 19.1 Å². The minimum Gasteiger partial charge on any atom is -0.497 e. The lowest BCUT2D eigenvalue weighted by atomic mass is 9.94. The van der Waals surface area contributed by atoms with Crippen LogP contribution in [-0.4, -0.2) is 74.6 Å². The molecule has 1 N–H and O–H groups in total. The molecule has 1 heterocycles. The maximum atomic E-state index is 13.4. The second-order valence-corrected chi connectivity index (χ2v) is 9.41. The van der Waals surface area contributed by atoms with Crippen LogP contribution < -0.4 is 14.8 Å². The number of carbonyl (C=O) groups is 2. The van der Waals surface area contributed by atoms with E-state index in [4.69, 9.17) is 9.47 Å². The zero-order chi connectivity index (χ0) is 24.6. The van der Waals surface area contributed by atoms with Gasteiger partial charge in [0, 0.05) is 32.7 Å². The van der Waals surface area contributed by atoms with Crippen LogP contribution in [-0.2, 0) is 11.2 Å². The molecule has 2 amide bonds. The molecule has 2 aliphatic rings. The van der Waals surface area contributed by atoms with E-state index in [0.717, 1.165) is 25.0 Å². The zero-order valence-electron chi connectivity index (χ0n) is 20.9. The molecule has 7 nitrogen and oxygen atoms in total. The molecule has 7 heteroatoms. The topological polar surface area (TPSA) is 71.1 Å². The lowest BCUT2D eigenvalue weighted by molar-refractivity contribution is -0.129. The average Bonchev–Trinajstić information content (AvgIpc) is 3.43. The molecule has 188 valence electrons. The van der Waals surface area contributed by atoms with Crippen molar-refractivity contribution in [1.82, 2.24) is 15.1 Å². The average molecular weight is 480 g/mol. The van der Waals surface area contributed by atoms with Gasteiger partial charge in [-0.25, -0.2) is 0 Å². The van der Waals surface area contributed by atoms with Crippen LogP contribution in [0.1, 0.15) is 41.6 Å². The Labute approximate surface area is 208 Å². The Balaban J connectivity index is 1.35. The first-order chi connectivity index (χ1) is 17.1. The molecule has 1 atom stereocenters. The first kappa shape index (κ1) is 25.0. The molecular weight excluding hydrogens is 442 g/mol. The Bertz CT molecular complexity index is 980. The van der Waals surface area contributed by atoms with Crippen LogP contribution in [0, 0.1) is 5.92 Å². The van der Waals surface area contributed by atoms with Gasteiger partial charge in [-0.2, -0.15) is 0 Å². The van der Waals surface area contributed by atoms with Gasteiger partial charge in [-0.1, -0.05) is 37.1 Å². The smallest absolute Gasteiger partial charge is 0.257 e. The third-order valence-corrected chi connectivity index (χ3v) is 7.32. The second kappa shape index (κ2) is 12.1. The predicted molar refractivity (Wildman–Crippen MR) is 136 cm³/mol. The van der Waals surface area contributed by atoms with Crippen LogP contribution in [0.25, 0.3) is 0 Å². The maximum absolute atomic E-state index is 13.4. The van der Waals surface area contributed by atoms with Gasteiger partial charge in [-0.3, -0.25) is 14.5 Å². The number of benzene rings is 2. The number of rotatable bonds is 9. The van der Waals surface area contributed by atoms with E-state index in [9.17, 15) is 9.59 Å². The summed E-state index contributed by atoms with van der Waals surface area (Å²) in [6.45, 7) is 3.24. The lowest BCUT2D eigenvalue weighted by Crippen LogP contribution is -2.58. The Kier molecular flexibility index (Phi) is 8.64. The van der Waals surface area contributed by atoms with Crippen LogP contribution in [0.4, 0.5) is 0 Å². The second-order valence-electron chi connectivity index (χ2n) is 9.41. The van der Waals surface area contributed by atoms with Crippen molar-refractivity contribution >= 4 is 11.8 Å². The SMILES string of the molecule is COc1ccc(CCNC(=O)C(C2CCCC2)N2CCN(C(=O)c3ccccc3OC)CC2)cc1. The molecule has 2 aromatic carbocycles. The summed E-state index contributed by atoms with van der Waals surface area (Å²) in [7, 11) is 3.25. The van der Waals surface area contributed by atoms with E-state index in [1.165, 1.54) is 18.4 Å². The maximum Gasteiger partial charge on any atom is 0.257 e. The normalized spacial score (nSPS) is 17.7. The number of carbonyl (C=O) groups excluding carboxylic acids is 2. The molecule has 1 aliphatic heterocycles. The number of ether oxygens (including phenoxy) is 2. The minimum atomic E-state index is -0.128. The highest BCUT2D eigenvalue weighted by Gasteiger charge is 2.37. The lowest BCUT2D eigenvalue weighted by Gasteiger charge is -2.40. The van der Waals surface area contributed by atoms with E-state index in [1.807, 2.05) is 53.4 Å². The molecule has 4 rings (SSSR count). The third kappa shape index (κ3) is 6.14. The van der Waals surface area contributed by atoms with Crippen molar-refractivity contribution in [2.45, 2.75) is 38.1 Å². The van der Waals surface area contributed by atoms with Crippen LogP contribution in [0.15, 0.2) is 48.5 Å². The Morgan fingerprint density at radius 1 is 0.943 bits per heavy atom. The van der Waals surface area contributed by atoms with Gasteiger partial charge < -0.3 is 19.7 Å². The van der Waals surface area contributed by atoms with Gasteiger partial charge in [0.25, 0.3) is 5.91 Å². The van der Waals surface area contributed by atoms with Gasteiger partial charge in [0.05, 0.1) is 25.8 Å². The Morgan fingerprint density at radius 3 is 2.29 bits per heavy atom. The van der Waals surface area contributed by atoms with Crippen LogP contribution >= 0.6 is 0 Å². The van der Waals surface area contributed by atoms with Crippen LogP contribution in [0.5, 0.6) is 11.5 Å². The Hall–Kier alpha value is -3.06. The summed E-state index contributed by atoms with van der Waals surface area (Å²) in [5, 5.41) is 3.20. The minimum absolute atomic E-state index is 0.0107. The molecule has 1 aliphatic carbocycles. The molecule has 1 unspecified atom stereocenters. The highest BCUT2D eigenvalue weighted by Crippen LogP contribution is 2.31. The number of piperazine rings is 1. The fourth-order valence-electron chi connectivity index (χ4n) is 5.37. The molecule has 0 spiro atoms. The zero-order valence-corrected chi connectivity index (χ0v) is 20.9. The number of nitrogens with zero attached hydrogens (tertiary/aromatic N) is 2. The largest absolute Gasteiger partial charge is 0.497 e. The van der Waals surface area contributed by atoms with E-state index < -0.39 is 0 Å². The van der Waals surface area contributed by atoms with Gasteiger partial charge in [0.15, 0.2) is 0 Å². The van der Waals surface area contributed by atoms with Crippen molar-refractivity contribution in [1.29, 1.82) is 0 Å². The van der Waals surface area contributed by atoms with Gasteiger partial charge in [-0.05, 0) is 55.0 Å². The number of amides is 2. The summed E-state index contributed by atoms with van der Waals surface area (Å²) in [5.74, 6) is 1.92. The van der Waals surface area contributed by atoms with Gasteiger partial charge in [0.2, 0.25) is 5.91 Å². The number of nitrogens with one attached hydrogen (secondary N) is 1. The molecule has 0 radical (unpaired) electrons. The number of hydrogen-bond acceptors (Lipinski definition) is 5. The van der Waals surface area contributed by atoms with E-state index in [-0.39, 0.29) is 17.9 Å². The summed E-state index contributed by atoms with van der Waals surface area (Å²) < 4.78 is 10.6. The molecule has 1 saturated carbocycles. The first-order valence-corrected chi connectivity index (χ1v) is 12.7. The highest BCUT2D eigenvalue weighted by atomic mass is 16.5. The number of para-hydroxylation sites is 1. The summed E-state index contributed by atoms with van der Waals surface area (Å²) in [5.41, 5.74) is 1.76. The summed E-state index contributed by atoms with van der Waals surface area (Å²) >= 11 is 0. The summed E-state index contributed by atoms with van der Waals surface area (Å²) in [4.78, 5) is 30.6. The molecule has 35 heavy (non-hydrogen) atoms. The fraction of sp³-hybridized carbons (Fsp3) is 0.500. The number of hydrogen-bond donors (Lipinski definition) is 1. The standard InChI is InChI=1S/C28H37N3O4/c1-34-23-13-11-21(12-14-23)15-16-29-27(32)26(22-7-3-4-8-22)30-17-19-31(20-18-30)28(33)24-9-5-6-10-25(24)35-2/h5-6,9-14,22,26H,3-4,7-8,15-20H2,1-2H3,(H,29,32). The van der Waals surface area contributed by atoms with Crippen molar-refractivity contribution in [3.05, 3.63) is 59.7 Å². The highest BCUT2D eigenvalue weighted by molar-refractivity contribution is 5.97. The Morgan fingerprint density at radius 2 is 1.63 bits per heavy atom. The van der Waals surface area contributed by atoms with Crippen molar-refractivity contribution in [3.8, 4) is 11.5 Å². The van der Waals surface area contributed by atoms with Crippen molar-refractivity contribution in [3.63, 3.8) is 0 Å². The molecule has 2 fully saturated rings. The van der Waals surface area contributed by atoms with Gasteiger partial charge in [0.1, 0.15) is 11.5 Å². The molecular formula is C28H37N3O4. The van der Waals surface area contributed by atoms with Crippen LogP contribution in [0.2, 0.25) is 0 Å². The summed E-state index contributed by atoms with van der Waals surface area (Å²) in [6, 6.07) is 15.2. The third-order valence-electron chi connectivity index (χ3n) is 7.32. The molecule has 0 bridgehead atoms. The monoisotopic (exact) mass is 479 g/mol. The van der Waals surface area contributed by atoms with Gasteiger partial charge >= 0.3 is 0 Å². The molecule has 2 aromatic rings. The fourth-order valence-corrected chi connectivity index (χ4v) is 5.37. The van der Waals surface area contributed by atoms with E-state index >= 15 is 0 Å². The van der Waals surface area contributed by atoms with E-state index in [1.54, 1.807) is 14.2 Å². The van der Waals surface area contributed by atoms with Gasteiger partial charge in [-0.15, -0.1) is 0 Å².